The first-order chi connectivity index (χ1) is 7.34. The summed E-state index contributed by atoms with van der Waals surface area (Å²) in [4.78, 5) is 4.00. The zero-order valence-corrected chi connectivity index (χ0v) is 8.63. The molecule has 2 nitrogen and oxygen atoms in total. The van der Waals surface area contributed by atoms with Gasteiger partial charge in [0, 0.05) is 12.4 Å². The van der Waals surface area contributed by atoms with Crippen LogP contribution in [-0.4, -0.2) is 12.3 Å². The third-order valence-corrected chi connectivity index (χ3v) is 2.13. The molecule has 1 atom stereocenters. The molecule has 1 aromatic carbocycles. The van der Waals surface area contributed by atoms with Crippen molar-refractivity contribution < 1.29 is 4.74 Å². The molecule has 0 spiro atoms. The average Bonchev–Trinajstić information content (AvgIpc) is 2.50. The van der Waals surface area contributed by atoms with Crippen molar-refractivity contribution in [2.24, 2.45) is 4.99 Å². The second-order valence-electron chi connectivity index (χ2n) is 3.42. The lowest BCUT2D eigenvalue weighted by Gasteiger charge is -2.11. The first-order valence-corrected chi connectivity index (χ1v) is 4.94. The van der Waals surface area contributed by atoms with E-state index in [1.165, 1.54) is 5.56 Å². The molecule has 0 bridgehead atoms. The van der Waals surface area contributed by atoms with Crippen LogP contribution in [-0.2, 0) is 0 Å². The third-order valence-electron chi connectivity index (χ3n) is 2.13. The van der Waals surface area contributed by atoms with Gasteiger partial charge in [0.05, 0.1) is 0 Å². The quantitative estimate of drug-likeness (QED) is 0.717. The monoisotopic (exact) mass is 199 g/mol. The summed E-state index contributed by atoms with van der Waals surface area (Å²) < 4.78 is 5.74. The molecular weight excluding hydrogens is 186 g/mol. The second kappa shape index (κ2) is 4.60. The number of rotatable bonds is 2. The summed E-state index contributed by atoms with van der Waals surface area (Å²) in [5, 5.41) is 0. The van der Waals surface area contributed by atoms with Gasteiger partial charge in [-0.25, -0.2) is 0 Å². The highest BCUT2D eigenvalue weighted by molar-refractivity contribution is 5.72. The SMILES string of the molecule is Cc1ccc(OC2C=CC=NC=C2)cc1. The lowest BCUT2D eigenvalue weighted by atomic mass is 10.2. The Bertz CT molecular complexity index is 385. The van der Waals surface area contributed by atoms with E-state index in [0.29, 0.717) is 0 Å². The van der Waals surface area contributed by atoms with E-state index in [2.05, 4.69) is 11.9 Å². The lowest BCUT2D eigenvalue weighted by Crippen LogP contribution is -2.09. The van der Waals surface area contributed by atoms with Crippen molar-refractivity contribution in [2.45, 2.75) is 13.0 Å². The van der Waals surface area contributed by atoms with E-state index in [0.717, 1.165) is 5.75 Å². The molecule has 0 radical (unpaired) electrons. The number of benzene rings is 1. The number of allylic oxidation sites excluding steroid dienone is 1. The lowest BCUT2D eigenvalue weighted by molar-refractivity contribution is 0.296. The maximum Gasteiger partial charge on any atom is 0.137 e. The minimum absolute atomic E-state index is 0.0322. The molecule has 0 N–H and O–H groups in total. The summed E-state index contributed by atoms with van der Waals surface area (Å²) in [6.07, 6.45) is 9.23. The first kappa shape index (κ1) is 9.71. The number of ether oxygens (including phenoxy) is 1. The van der Waals surface area contributed by atoms with E-state index >= 15 is 0 Å². The van der Waals surface area contributed by atoms with E-state index in [1.807, 2.05) is 42.5 Å². The highest BCUT2D eigenvalue weighted by Gasteiger charge is 2.02. The number of aryl methyl sites for hydroxylation is 1. The highest BCUT2D eigenvalue weighted by Crippen LogP contribution is 2.14. The van der Waals surface area contributed by atoms with E-state index in [9.17, 15) is 0 Å². The maximum atomic E-state index is 5.74. The van der Waals surface area contributed by atoms with Crippen molar-refractivity contribution in [3.63, 3.8) is 0 Å². The summed E-state index contributed by atoms with van der Waals surface area (Å²) in [6.45, 7) is 2.06. The van der Waals surface area contributed by atoms with Crippen LogP contribution in [0.1, 0.15) is 5.56 Å². The molecule has 76 valence electrons. The van der Waals surface area contributed by atoms with E-state index < -0.39 is 0 Å². The van der Waals surface area contributed by atoms with Gasteiger partial charge in [0.1, 0.15) is 11.9 Å². The summed E-state index contributed by atoms with van der Waals surface area (Å²) in [5.41, 5.74) is 1.23. The smallest absolute Gasteiger partial charge is 0.137 e. The van der Waals surface area contributed by atoms with Crippen molar-refractivity contribution >= 4 is 6.21 Å². The normalized spacial score (nSPS) is 18.9. The summed E-state index contributed by atoms with van der Waals surface area (Å²) in [6, 6.07) is 8.03. The second-order valence-corrected chi connectivity index (χ2v) is 3.42. The molecule has 1 unspecified atom stereocenters. The van der Waals surface area contributed by atoms with Crippen LogP contribution in [0.4, 0.5) is 0 Å². The van der Waals surface area contributed by atoms with Crippen LogP contribution in [0.15, 0.2) is 53.7 Å². The molecule has 15 heavy (non-hydrogen) atoms. The van der Waals surface area contributed by atoms with Gasteiger partial charge in [0.25, 0.3) is 0 Å². The molecule has 1 aliphatic heterocycles. The fourth-order valence-electron chi connectivity index (χ4n) is 1.31. The Morgan fingerprint density at radius 3 is 2.73 bits per heavy atom. The standard InChI is InChI=1S/C13H13NO/c1-11-4-6-13(7-5-11)15-12-3-2-9-14-10-8-12/h2-10,12H,1H3. The minimum atomic E-state index is -0.0322. The van der Waals surface area contributed by atoms with Crippen molar-refractivity contribution in [3.05, 3.63) is 54.3 Å². The fourth-order valence-corrected chi connectivity index (χ4v) is 1.31. The Hall–Kier alpha value is -1.83. The molecule has 0 saturated carbocycles. The Labute approximate surface area is 89.6 Å². The maximum absolute atomic E-state index is 5.74. The van der Waals surface area contributed by atoms with Gasteiger partial charge in [-0.2, -0.15) is 0 Å². The highest BCUT2D eigenvalue weighted by atomic mass is 16.5. The molecule has 0 amide bonds. The van der Waals surface area contributed by atoms with Gasteiger partial charge in [0.2, 0.25) is 0 Å². The van der Waals surface area contributed by atoms with Crippen LogP contribution < -0.4 is 4.74 Å². The predicted octanol–water partition coefficient (Wildman–Crippen LogP) is 2.90. The molecule has 0 saturated heterocycles. The molecule has 0 aromatic heterocycles. The molecule has 0 fully saturated rings. The van der Waals surface area contributed by atoms with E-state index in [1.54, 1.807) is 12.4 Å². The van der Waals surface area contributed by atoms with Crippen LogP contribution in [0.3, 0.4) is 0 Å². The van der Waals surface area contributed by atoms with Gasteiger partial charge < -0.3 is 4.74 Å². The molecular formula is C13H13NO. The van der Waals surface area contributed by atoms with Gasteiger partial charge in [-0.05, 0) is 37.3 Å². The number of hydrogen-bond donors (Lipinski definition) is 0. The van der Waals surface area contributed by atoms with Gasteiger partial charge >= 0.3 is 0 Å². The van der Waals surface area contributed by atoms with Crippen LogP contribution in [0.25, 0.3) is 0 Å². The van der Waals surface area contributed by atoms with Crippen LogP contribution in [0.5, 0.6) is 5.75 Å². The number of hydrogen-bond acceptors (Lipinski definition) is 2. The average molecular weight is 199 g/mol. The summed E-state index contributed by atoms with van der Waals surface area (Å²) >= 11 is 0. The van der Waals surface area contributed by atoms with Crippen molar-refractivity contribution in [1.82, 2.24) is 0 Å². The largest absolute Gasteiger partial charge is 0.482 e. The Morgan fingerprint density at radius 1 is 1.13 bits per heavy atom. The fraction of sp³-hybridized carbons (Fsp3) is 0.154. The number of aliphatic imine (C=N–C) groups is 1. The topological polar surface area (TPSA) is 21.6 Å². The van der Waals surface area contributed by atoms with E-state index in [4.69, 9.17) is 4.74 Å². The van der Waals surface area contributed by atoms with Crippen LogP contribution in [0, 0.1) is 6.92 Å². The van der Waals surface area contributed by atoms with Crippen LogP contribution in [0.2, 0.25) is 0 Å². The van der Waals surface area contributed by atoms with Gasteiger partial charge in [-0.1, -0.05) is 17.7 Å². The zero-order chi connectivity index (χ0) is 10.5. The number of nitrogens with zero attached hydrogens (tertiary/aromatic N) is 1. The van der Waals surface area contributed by atoms with Gasteiger partial charge in [-0.3, -0.25) is 4.99 Å². The molecule has 1 aliphatic rings. The van der Waals surface area contributed by atoms with Gasteiger partial charge in [-0.15, -0.1) is 0 Å². The first-order valence-electron chi connectivity index (χ1n) is 4.94. The van der Waals surface area contributed by atoms with Gasteiger partial charge in [0.15, 0.2) is 0 Å². The molecule has 2 rings (SSSR count). The molecule has 1 aromatic rings. The molecule has 0 aliphatic carbocycles. The minimum Gasteiger partial charge on any atom is -0.482 e. The van der Waals surface area contributed by atoms with E-state index in [-0.39, 0.29) is 6.10 Å². The Morgan fingerprint density at radius 2 is 1.93 bits per heavy atom. The third kappa shape index (κ3) is 2.81. The predicted molar refractivity (Wildman–Crippen MR) is 62.4 cm³/mol. The zero-order valence-electron chi connectivity index (χ0n) is 8.63. The summed E-state index contributed by atoms with van der Waals surface area (Å²) in [7, 11) is 0. The Kier molecular flexibility index (Phi) is 2.98. The van der Waals surface area contributed by atoms with Crippen molar-refractivity contribution in [3.8, 4) is 5.75 Å². The Balaban J connectivity index is 2.05. The van der Waals surface area contributed by atoms with Crippen LogP contribution >= 0.6 is 0 Å². The molecule has 1 heterocycles. The summed E-state index contributed by atoms with van der Waals surface area (Å²) in [5.74, 6) is 0.877. The molecule has 2 heteroatoms. The van der Waals surface area contributed by atoms with Crippen molar-refractivity contribution in [2.75, 3.05) is 0 Å². The van der Waals surface area contributed by atoms with Crippen molar-refractivity contribution in [1.29, 1.82) is 0 Å².